The summed E-state index contributed by atoms with van der Waals surface area (Å²) in [5, 5.41) is 40.2. The number of hydrogen-bond donors (Lipinski definition) is 1. The first kappa shape index (κ1) is 29.0. The number of nitro groups is 3. The Morgan fingerprint density at radius 1 is 0.920 bits per heavy atom. The molecule has 0 aliphatic rings. The van der Waals surface area contributed by atoms with Gasteiger partial charge in [0.05, 0.1) is 37.0 Å². The number of nitro benzene ring substituents is 3. The van der Waals surface area contributed by atoms with Crippen molar-refractivity contribution >= 4 is 36.3 Å². The van der Waals surface area contributed by atoms with Crippen molar-refractivity contribution in [1.82, 2.24) is 0 Å². The first-order valence-electron chi connectivity index (χ1n) is 4.64. The van der Waals surface area contributed by atoms with Crippen LogP contribution < -0.4 is 59.1 Å². The van der Waals surface area contributed by atoms with Gasteiger partial charge >= 0.3 is 70.5 Å². The molecule has 1 aromatic rings. The average molecular weight is 419 g/mol. The van der Waals surface area contributed by atoms with Gasteiger partial charge in [-0.25, -0.2) is 8.42 Å². The molecule has 0 saturated carbocycles. The summed E-state index contributed by atoms with van der Waals surface area (Å²) < 4.78 is 45.7. The minimum Gasteiger partial charge on any atom is -0.761 e. The summed E-state index contributed by atoms with van der Waals surface area (Å²) in [5.74, 6) is -1.21. The van der Waals surface area contributed by atoms with Crippen LogP contribution in [0.15, 0.2) is 12.1 Å². The van der Waals surface area contributed by atoms with Gasteiger partial charge in [-0.3, -0.25) is 34.6 Å². The van der Waals surface area contributed by atoms with E-state index in [-0.39, 0.29) is 59.1 Å². The summed E-state index contributed by atoms with van der Waals surface area (Å²) in [6, 6.07) is 0.894. The average Bonchev–Trinajstić information content (AvgIpc) is 2.37. The molecule has 0 aliphatic heterocycles. The molecule has 0 bridgehead atoms. The first-order valence-corrected chi connectivity index (χ1v) is 7.64. The molecule has 0 aliphatic carbocycles. The van der Waals surface area contributed by atoms with Gasteiger partial charge in [-0.1, -0.05) is 0 Å². The van der Waals surface area contributed by atoms with E-state index in [2.05, 4.69) is 0 Å². The van der Waals surface area contributed by atoms with E-state index in [4.69, 9.17) is 26.8 Å². The van der Waals surface area contributed by atoms with Gasteiger partial charge in [-0.05, 0) is 0 Å². The van der Waals surface area contributed by atoms with Gasteiger partial charge in [0, 0.05) is 0 Å². The normalized spacial score (nSPS) is 10.8. The Morgan fingerprint density at radius 2 is 1.20 bits per heavy atom. The van der Waals surface area contributed by atoms with E-state index < -0.39 is 56.8 Å². The number of non-ortho nitro benzene ring substituents is 1. The minimum atomic E-state index is -5.07. The fourth-order valence-corrected chi connectivity index (χ4v) is 0.974. The molecule has 0 fully saturated rings. The molecule has 1 N–H and O–H groups in total. The van der Waals surface area contributed by atoms with Crippen molar-refractivity contribution in [3.8, 4) is 5.75 Å². The largest absolute Gasteiger partial charge is 1.00 e. The maximum Gasteiger partial charge on any atom is 1.00 e. The van der Waals surface area contributed by atoms with E-state index in [0.717, 1.165) is 0 Å². The third-order valence-corrected chi connectivity index (χ3v) is 3.16. The molecule has 19 heteroatoms. The Morgan fingerprint density at radius 3 is 1.36 bits per heavy atom. The van der Waals surface area contributed by atoms with E-state index in [1.165, 1.54) is 0 Å². The topological polar surface area (TPSA) is 247 Å². The molecule has 1 unspecified atom stereocenters. The van der Waals surface area contributed by atoms with Crippen molar-refractivity contribution in [1.29, 1.82) is 0 Å². The van der Waals surface area contributed by atoms with Gasteiger partial charge in [-0.2, -0.15) is 0 Å². The van der Waals surface area contributed by atoms with Crippen LogP contribution in [-0.2, 0) is 19.3 Å². The van der Waals surface area contributed by atoms with Gasteiger partial charge < -0.3 is 14.2 Å². The number of benzene rings is 1. The van der Waals surface area contributed by atoms with Crippen LogP contribution in [0.3, 0.4) is 0 Å². The summed E-state index contributed by atoms with van der Waals surface area (Å²) in [5.41, 5.74) is -3.00. The second-order valence-corrected chi connectivity index (χ2v) is 6.48. The van der Waals surface area contributed by atoms with Gasteiger partial charge in [0.2, 0.25) is 0 Å². The molecular formula is C6H3N3Na2O12S2. The van der Waals surface area contributed by atoms with Crippen LogP contribution in [0.1, 0.15) is 0 Å². The molecular weight excluding hydrogens is 416 g/mol. The Balaban J connectivity index is -0.000000464. The summed E-state index contributed by atoms with van der Waals surface area (Å²) >= 11 is 0. The second-order valence-electron chi connectivity index (χ2n) is 3.22. The van der Waals surface area contributed by atoms with E-state index in [9.17, 15) is 30.3 Å². The molecule has 0 saturated heterocycles. The SMILES string of the molecule is O=S([O-])S(=O)(=O)[O-].O=[N+]([O-])c1cc([N+](=O)[O-])c(O)c([N+](=O)[O-])c1.[Na+].[Na+]. The smallest absolute Gasteiger partial charge is 0.761 e. The Bertz CT molecular complexity index is 761. The summed E-state index contributed by atoms with van der Waals surface area (Å²) in [6.45, 7) is 0. The first-order chi connectivity index (χ1) is 10.3. The number of phenolic OH excluding ortho intramolecular Hbond substituents is 1. The van der Waals surface area contributed by atoms with Crippen LogP contribution in [-0.4, -0.2) is 41.6 Å². The van der Waals surface area contributed by atoms with E-state index >= 15 is 0 Å². The number of phenols is 1. The predicted octanol–water partition coefficient (Wildman–Crippen LogP) is -6.55. The Labute approximate surface area is 183 Å². The summed E-state index contributed by atoms with van der Waals surface area (Å²) in [7, 11) is -8.59. The Hall–Kier alpha value is -0.760. The fourth-order valence-electron chi connectivity index (χ4n) is 0.974. The molecule has 0 heterocycles. The van der Waals surface area contributed by atoms with Crippen molar-refractivity contribution in [3.05, 3.63) is 42.5 Å². The number of nitrogens with zero attached hydrogens (tertiary/aromatic N) is 3. The zero-order valence-corrected chi connectivity index (χ0v) is 17.9. The summed E-state index contributed by atoms with van der Waals surface area (Å²) in [6.07, 6.45) is 0. The second kappa shape index (κ2) is 11.8. The quantitative estimate of drug-likeness (QED) is 0.119. The maximum atomic E-state index is 10.4. The van der Waals surface area contributed by atoms with Crippen molar-refractivity contribution in [3.63, 3.8) is 0 Å². The van der Waals surface area contributed by atoms with Crippen LogP contribution in [0.5, 0.6) is 5.75 Å². The summed E-state index contributed by atoms with van der Waals surface area (Å²) in [4.78, 5) is 27.8. The van der Waals surface area contributed by atoms with E-state index in [0.29, 0.717) is 12.1 Å². The van der Waals surface area contributed by atoms with Gasteiger partial charge in [0.25, 0.3) is 11.4 Å². The molecule has 1 aromatic carbocycles. The van der Waals surface area contributed by atoms with Crippen molar-refractivity contribution in [2.45, 2.75) is 0 Å². The van der Waals surface area contributed by atoms with Crippen LogP contribution in [0.25, 0.3) is 0 Å². The van der Waals surface area contributed by atoms with E-state index in [1.807, 2.05) is 0 Å². The van der Waals surface area contributed by atoms with Crippen LogP contribution in [0.2, 0.25) is 0 Å². The maximum absolute atomic E-state index is 10.4. The van der Waals surface area contributed by atoms with Crippen molar-refractivity contribution in [2.75, 3.05) is 0 Å². The third-order valence-electron chi connectivity index (χ3n) is 1.83. The molecule has 0 amide bonds. The van der Waals surface area contributed by atoms with Crippen LogP contribution >= 0.6 is 0 Å². The fraction of sp³-hybridized carbons (Fsp3) is 0. The molecule has 128 valence electrons. The molecule has 0 spiro atoms. The standard InChI is InChI=1S/C6H3N3O7.2Na.H2O5S2/c10-6-4(8(13)14)1-3(7(11)12)2-5(6)9(15)16;;;1-6(2)7(3,4)5/h1-2,10H;;;(H,1,2)(H,3,4,5)/q;2*+1;/p-2. The molecule has 15 nitrogen and oxygen atoms in total. The van der Waals surface area contributed by atoms with Crippen molar-refractivity contribution < 1.29 is 101 Å². The zero-order valence-electron chi connectivity index (χ0n) is 12.3. The monoisotopic (exact) mass is 419 g/mol. The van der Waals surface area contributed by atoms with Gasteiger partial charge in [-0.15, -0.1) is 0 Å². The molecule has 1 atom stereocenters. The number of hydrogen-bond acceptors (Lipinski definition) is 12. The van der Waals surface area contributed by atoms with Crippen LogP contribution in [0, 0.1) is 30.3 Å². The molecule has 0 radical (unpaired) electrons. The van der Waals surface area contributed by atoms with E-state index in [1.54, 1.807) is 0 Å². The predicted molar refractivity (Wildman–Crippen MR) is 66.7 cm³/mol. The number of rotatable bonds is 4. The number of aromatic hydroxyl groups is 1. The van der Waals surface area contributed by atoms with Crippen LogP contribution in [0.4, 0.5) is 17.1 Å². The molecule has 1 rings (SSSR count). The van der Waals surface area contributed by atoms with Gasteiger partial charge in [0.1, 0.15) is 0 Å². The van der Waals surface area contributed by atoms with Crippen molar-refractivity contribution in [2.24, 2.45) is 0 Å². The zero-order chi connectivity index (χ0) is 18.5. The minimum absolute atomic E-state index is 0. The van der Waals surface area contributed by atoms with Gasteiger partial charge in [0.15, 0.2) is 9.15 Å². The molecule has 0 aromatic heterocycles. The molecule has 25 heavy (non-hydrogen) atoms. The third kappa shape index (κ3) is 9.49. The Kier molecular flexibility index (Phi) is 13.7.